The van der Waals surface area contributed by atoms with Crippen LogP contribution in [0.25, 0.3) is 0 Å². The van der Waals surface area contributed by atoms with Crippen molar-refractivity contribution in [3.63, 3.8) is 0 Å². The topological polar surface area (TPSA) is 15.3 Å². The van der Waals surface area contributed by atoms with E-state index in [1.807, 2.05) is 0 Å². The number of nitrogens with zero attached hydrogens (tertiary/aromatic N) is 1. The lowest BCUT2D eigenvalue weighted by Gasteiger charge is -2.40. The fourth-order valence-electron chi connectivity index (χ4n) is 4.61. The Hall–Kier alpha value is -0.0800. The van der Waals surface area contributed by atoms with Crippen molar-refractivity contribution in [1.29, 1.82) is 0 Å². The largest absolute Gasteiger partial charge is 0.313 e. The van der Waals surface area contributed by atoms with Gasteiger partial charge < -0.3 is 5.32 Å². The minimum Gasteiger partial charge on any atom is -0.313 e. The highest BCUT2D eigenvalue weighted by Gasteiger charge is 2.40. The molecule has 4 unspecified atom stereocenters. The predicted molar refractivity (Wildman–Crippen MR) is 83.5 cm³/mol. The third kappa shape index (κ3) is 3.52. The van der Waals surface area contributed by atoms with Crippen molar-refractivity contribution in [2.75, 3.05) is 13.1 Å². The van der Waals surface area contributed by atoms with Crippen molar-refractivity contribution in [2.24, 2.45) is 5.92 Å². The van der Waals surface area contributed by atoms with Gasteiger partial charge in [0, 0.05) is 18.1 Å². The van der Waals surface area contributed by atoms with Crippen LogP contribution in [0.1, 0.15) is 72.1 Å². The second-order valence-corrected chi connectivity index (χ2v) is 6.57. The van der Waals surface area contributed by atoms with Crippen LogP contribution < -0.4 is 5.32 Å². The van der Waals surface area contributed by atoms with Gasteiger partial charge in [-0.15, -0.1) is 0 Å². The molecule has 4 atom stereocenters. The number of likely N-dealkylation sites (N-methyl/N-ethyl adjacent to an activating group) is 1. The van der Waals surface area contributed by atoms with Crippen LogP contribution in [0.4, 0.5) is 0 Å². The molecule has 0 radical (unpaired) electrons. The number of likely N-dealkylation sites (tertiary alicyclic amines) is 1. The number of hydrogen-bond donors (Lipinski definition) is 1. The van der Waals surface area contributed by atoms with Crippen LogP contribution in [0.5, 0.6) is 0 Å². The van der Waals surface area contributed by atoms with Crippen LogP contribution >= 0.6 is 0 Å². The van der Waals surface area contributed by atoms with E-state index in [0.717, 1.165) is 24.5 Å². The zero-order valence-corrected chi connectivity index (χ0v) is 13.3. The monoisotopic (exact) mass is 266 g/mol. The first-order chi connectivity index (χ1) is 9.31. The van der Waals surface area contributed by atoms with Crippen LogP contribution in [0.2, 0.25) is 0 Å². The predicted octanol–water partition coefficient (Wildman–Crippen LogP) is 3.81. The van der Waals surface area contributed by atoms with Crippen molar-refractivity contribution < 1.29 is 0 Å². The van der Waals surface area contributed by atoms with E-state index in [9.17, 15) is 0 Å². The highest BCUT2D eigenvalue weighted by molar-refractivity contribution is 4.96. The normalized spacial score (nSPS) is 31.1. The van der Waals surface area contributed by atoms with Crippen molar-refractivity contribution in [2.45, 2.75) is 90.3 Å². The van der Waals surface area contributed by atoms with Gasteiger partial charge in [-0.25, -0.2) is 0 Å². The Morgan fingerprint density at radius 3 is 2.58 bits per heavy atom. The van der Waals surface area contributed by atoms with Crippen LogP contribution in [0, 0.1) is 5.92 Å². The summed E-state index contributed by atoms with van der Waals surface area (Å²) in [6, 6.07) is 2.39. The van der Waals surface area contributed by atoms with Crippen LogP contribution in [-0.4, -0.2) is 36.1 Å². The first-order valence-corrected chi connectivity index (χ1v) is 8.80. The summed E-state index contributed by atoms with van der Waals surface area (Å²) in [4.78, 5) is 2.90. The lowest BCUT2D eigenvalue weighted by atomic mass is 9.84. The Balaban J connectivity index is 2.02. The maximum Gasteiger partial charge on any atom is 0.0249 e. The van der Waals surface area contributed by atoms with E-state index in [4.69, 9.17) is 0 Å². The lowest BCUT2D eigenvalue weighted by molar-refractivity contribution is 0.100. The molecule has 2 heteroatoms. The summed E-state index contributed by atoms with van der Waals surface area (Å²) in [6.07, 6.45) is 11.3. The van der Waals surface area contributed by atoms with Gasteiger partial charge in [0.2, 0.25) is 0 Å². The Kier molecular flexibility index (Phi) is 6.15. The summed E-state index contributed by atoms with van der Waals surface area (Å²) in [5.74, 6) is 1.02. The summed E-state index contributed by atoms with van der Waals surface area (Å²) in [5.41, 5.74) is 0. The number of fused-ring (bicyclic) bond motifs is 1. The molecule has 1 saturated heterocycles. The van der Waals surface area contributed by atoms with E-state index in [0.29, 0.717) is 6.04 Å². The van der Waals surface area contributed by atoms with E-state index < -0.39 is 0 Å². The van der Waals surface area contributed by atoms with E-state index >= 15 is 0 Å². The maximum atomic E-state index is 3.77. The lowest BCUT2D eigenvalue weighted by Crippen LogP contribution is -2.52. The second kappa shape index (κ2) is 7.64. The summed E-state index contributed by atoms with van der Waals surface area (Å²) >= 11 is 0. The van der Waals surface area contributed by atoms with Gasteiger partial charge in [-0.3, -0.25) is 4.90 Å². The second-order valence-electron chi connectivity index (χ2n) is 6.57. The fourth-order valence-corrected chi connectivity index (χ4v) is 4.61. The van der Waals surface area contributed by atoms with E-state index in [1.54, 1.807) is 0 Å². The average Bonchev–Trinajstić information content (AvgIpc) is 2.84. The third-order valence-corrected chi connectivity index (χ3v) is 5.43. The number of hydrogen-bond acceptors (Lipinski definition) is 2. The summed E-state index contributed by atoms with van der Waals surface area (Å²) in [5, 5.41) is 3.77. The van der Waals surface area contributed by atoms with E-state index in [1.165, 1.54) is 57.9 Å². The van der Waals surface area contributed by atoms with E-state index in [-0.39, 0.29) is 0 Å². The molecular weight excluding hydrogens is 232 g/mol. The first-order valence-electron chi connectivity index (χ1n) is 8.80. The summed E-state index contributed by atoms with van der Waals surface area (Å²) < 4.78 is 0. The molecule has 0 spiro atoms. The fraction of sp³-hybridized carbons (Fsp3) is 1.00. The highest BCUT2D eigenvalue weighted by atomic mass is 15.2. The molecule has 112 valence electrons. The van der Waals surface area contributed by atoms with Crippen LogP contribution in [0.15, 0.2) is 0 Å². The van der Waals surface area contributed by atoms with Crippen LogP contribution in [-0.2, 0) is 0 Å². The SMILES string of the molecule is CCCC(NCC)C(CC)N1CCC2CCCCC21. The molecule has 0 aromatic heterocycles. The van der Waals surface area contributed by atoms with Crippen molar-refractivity contribution in [3.05, 3.63) is 0 Å². The molecular formula is C17H34N2. The highest BCUT2D eigenvalue weighted by Crippen LogP contribution is 2.38. The van der Waals surface area contributed by atoms with Gasteiger partial charge in [0.25, 0.3) is 0 Å². The molecule has 1 aliphatic carbocycles. The van der Waals surface area contributed by atoms with E-state index in [2.05, 4.69) is 31.0 Å². The molecule has 2 fully saturated rings. The summed E-state index contributed by atoms with van der Waals surface area (Å²) in [7, 11) is 0. The average molecular weight is 266 g/mol. The van der Waals surface area contributed by atoms with Crippen molar-refractivity contribution in [3.8, 4) is 0 Å². The molecule has 0 bridgehead atoms. The summed E-state index contributed by atoms with van der Waals surface area (Å²) in [6.45, 7) is 9.44. The molecule has 0 aromatic rings. The number of rotatable bonds is 7. The van der Waals surface area contributed by atoms with Gasteiger partial charge in [0.15, 0.2) is 0 Å². The quantitative estimate of drug-likeness (QED) is 0.754. The molecule has 19 heavy (non-hydrogen) atoms. The standard InChI is InChI=1S/C17H34N2/c1-4-9-15(18-6-3)16(5-2)19-13-12-14-10-7-8-11-17(14)19/h14-18H,4-13H2,1-3H3. The van der Waals surface area contributed by atoms with Gasteiger partial charge in [0.05, 0.1) is 0 Å². The smallest absolute Gasteiger partial charge is 0.0249 e. The Bertz CT molecular complexity index is 248. The molecule has 0 aromatic carbocycles. The maximum absolute atomic E-state index is 3.77. The van der Waals surface area contributed by atoms with Crippen LogP contribution in [0.3, 0.4) is 0 Å². The molecule has 1 N–H and O–H groups in total. The van der Waals surface area contributed by atoms with Gasteiger partial charge in [-0.05, 0) is 51.1 Å². The number of nitrogens with one attached hydrogen (secondary N) is 1. The first kappa shape index (κ1) is 15.3. The van der Waals surface area contributed by atoms with Crippen molar-refractivity contribution >= 4 is 0 Å². The molecule has 2 rings (SSSR count). The molecule has 2 aliphatic rings. The van der Waals surface area contributed by atoms with Gasteiger partial charge in [-0.1, -0.05) is 40.0 Å². The minimum atomic E-state index is 0.709. The Morgan fingerprint density at radius 2 is 1.89 bits per heavy atom. The molecule has 0 amide bonds. The molecule has 1 saturated carbocycles. The molecule has 1 heterocycles. The Labute approximate surface area is 120 Å². The zero-order chi connectivity index (χ0) is 13.7. The minimum absolute atomic E-state index is 0.709. The zero-order valence-electron chi connectivity index (χ0n) is 13.3. The molecule has 1 aliphatic heterocycles. The van der Waals surface area contributed by atoms with Gasteiger partial charge in [0.1, 0.15) is 0 Å². The molecule has 2 nitrogen and oxygen atoms in total. The van der Waals surface area contributed by atoms with Gasteiger partial charge in [-0.2, -0.15) is 0 Å². The van der Waals surface area contributed by atoms with Gasteiger partial charge >= 0.3 is 0 Å². The third-order valence-electron chi connectivity index (χ3n) is 5.43. The Morgan fingerprint density at radius 1 is 1.11 bits per heavy atom. The van der Waals surface area contributed by atoms with Crippen molar-refractivity contribution in [1.82, 2.24) is 10.2 Å².